The lowest BCUT2D eigenvalue weighted by molar-refractivity contribution is -0.0292. The van der Waals surface area contributed by atoms with Gasteiger partial charge in [0.05, 0.1) is 6.61 Å². The van der Waals surface area contributed by atoms with E-state index in [1.54, 1.807) is 0 Å². The molecule has 0 N–H and O–H groups in total. The van der Waals surface area contributed by atoms with E-state index in [9.17, 15) is 4.79 Å². The third-order valence-corrected chi connectivity index (χ3v) is 4.93. The number of amides is 1. The van der Waals surface area contributed by atoms with E-state index >= 15 is 0 Å². The Hall–Kier alpha value is -2.65. The third kappa shape index (κ3) is 1.50. The first kappa shape index (κ1) is 12.9. The molecule has 2 heterocycles. The van der Waals surface area contributed by atoms with Crippen LogP contribution in [0.3, 0.4) is 0 Å². The second-order valence-corrected chi connectivity index (χ2v) is 6.02. The quantitative estimate of drug-likeness (QED) is 0.688. The molecule has 112 valence electrons. The van der Waals surface area contributed by atoms with Crippen LogP contribution in [0.2, 0.25) is 0 Å². The maximum atomic E-state index is 12.8. The first-order chi connectivity index (χ1) is 11.3. The van der Waals surface area contributed by atoms with Crippen LogP contribution in [0.25, 0.3) is 10.8 Å². The number of carbonyl (C=O) groups excluding carboxylic acids is 1. The maximum absolute atomic E-state index is 12.8. The molecule has 3 nitrogen and oxygen atoms in total. The number of rotatable bonds is 1. The van der Waals surface area contributed by atoms with E-state index in [0.29, 0.717) is 13.2 Å². The summed E-state index contributed by atoms with van der Waals surface area (Å²) in [5.41, 5.74) is 1.97. The molecule has 0 bridgehead atoms. The highest BCUT2D eigenvalue weighted by Gasteiger charge is 2.55. The van der Waals surface area contributed by atoms with E-state index in [4.69, 9.17) is 4.74 Å². The first-order valence-corrected chi connectivity index (χ1v) is 7.86. The molecule has 3 aromatic carbocycles. The van der Waals surface area contributed by atoms with Crippen LogP contribution in [0.4, 0.5) is 0 Å². The van der Waals surface area contributed by atoms with Gasteiger partial charge in [0.15, 0.2) is 5.72 Å². The Morgan fingerprint density at radius 1 is 0.870 bits per heavy atom. The average Bonchev–Trinajstić information content (AvgIpc) is 3.14. The molecule has 1 atom stereocenters. The van der Waals surface area contributed by atoms with Crippen LogP contribution in [0.5, 0.6) is 0 Å². The molecule has 3 heteroatoms. The van der Waals surface area contributed by atoms with Crippen molar-refractivity contribution in [3.05, 3.63) is 83.4 Å². The summed E-state index contributed by atoms with van der Waals surface area (Å²) in [5, 5.41) is 2.29. The van der Waals surface area contributed by atoms with Crippen molar-refractivity contribution in [1.29, 1.82) is 0 Å². The number of benzene rings is 3. The van der Waals surface area contributed by atoms with Gasteiger partial charge < -0.3 is 4.74 Å². The van der Waals surface area contributed by atoms with E-state index in [1.165, 1.54) is 0 Å². The smallest absolute Gasteiger partial charge is 0.257 e. The molecule has 3 aromatic rings. The Labute approximate surface area is 134 Å². The molecule has 1 unspecified atom stereocenters. The van der Waals surface area contributed by atoms with Crippen molar-refractivity contribution in [1.82, 2.24) is 4.90 Å². The molecule has 1 fully saturated rings. The maximum Gasteiger partial charge on any atom is 0.257 e. The van der Waals surface area contributed by atoms with Gasteiger partial charge in [0.2, 0.25) is 0 Å². The number of hydrogen-bond acceptors (Lipinski definition) is 2. The van der Waals surface area contributed by atoms with Gasteiger partial charge >= 0.3 is 0 Å². The zero-order valence-electron chi connectivity index (χ0n) is 12.5. The molecule has 0 aromatic heterocycles. The molecule has 2 aliphatic rings. The standard InChI is InChI=1S/C20H15NO2/c22-19-16-9-3-4-10-18(16)20(21(19)12-13-23-20)17-11-5-7-14-6-1-2-8-15(14)17/h1-11H,12-13H2. The van der Waals surface area contributed by atoms with E-state index in [2.05, 4.69) is 24.3 Å². The summed E-state index contributed by atoms with van der Waals surface area (Å²) in [6, 6.07) is 22.3. The molecule has 1 saturated heterocycles. The first-order valence-electron chi connectivity index (χ1n) is 7.86. The van der Waals surface area contributed by atoms with Gasteiger partial charge in [0.25, 0.3) is 5.91 Å². The van der Waals surface area contributed by atoms with Crippen molar-refractivity contribution >= 4 is 16.7 Å². The number of carbonyl (C=O) groups is 1. The largest absolute Gasteiger partial charge is 0.345 e. The molecular formula is C20H15NO2. The van der Waals surface area contributed by atoms with Crippen molar-refractivity contribution in [2.75, 3.05) is 13.2 Å². The lowest BCUT2D eigenvalue weighted by Gasteiger charge is -2.33. The highest BCUT2D eigenvalue weighted by atomic mass is 16.5. The van der Waals surface area contributed by atoms with Crippen molar-refractivity contribution in [3.8, 4) is 0 Å². The number of ether oxygens (including phenoxy) is 1. The Balaban J connectivity index is 1.89. The fourth-order valence-electron chi connectivity index (χ4n) is 3.99. The Morgan fingerprint density at radius 3 is 2.57 bits per heavy atom. The summed E-state index contributed by atoms with van der Waals surface area (Å²) < 4.78 is 6.26. The molecule has 0 aliphatic carbocycles. The summed E-state index contributed by atoms with van der Waals surface area (Å²) in [6.07, 6.45) is 0. The van der Waals surface area contributed by atoms with Gasteiger partial charge in [-0.25, -0.2) is 0 Å². The molecule has 1 amide bonds. The Kier molecular flexibility index (Phi) is 2.48. The summed E-state index contributed by atoms with van der Waals surface area (Å²) in [5.74, 6) is 0.0611. The van der Waals surface area contributed by atoms with Gasteiger partial charge in [-0.2, -0.15) is 0 Å². The van der Waals surface area contributed by atoms with Crippen LogP contribution >= 0.6 is 0 Å². The van der Waals surface area contributed by atoms with E-state index in [0.717, 1.165) is 27.5 Å². The van der Waals surface area contributed by atoms with Crippen LogP contribution < -0.4 is 0 Å². The summed E-state index contributed by atoms with van der Waals surface area (Å²) in [7, 11) is 0. The molecule has 23 heavy (non-hydrogen) atoms. The van der Waals surface area contributed by atoms with Crippen molar-refractivity contribution in [2.24, 2.45) is 0 Å². The van der Waals surface area contributed by atoms with E-state index in [-0.39, 0.29) is 5.91 Å². The summed E-state index contributed by atoms with van der Waals surface area (Å²) in [4.78, 5) is 14.7. The molecule has 5 rings (SSSR count). The highest BCUT2D eigenvalue weighted by Crippen LogP contribution is 2.49. The average molecular weight is 301 g/mol. The SMILES string of the molecule is O=C1c2ccccc2C2(c3cccc4ccccc34)OCCN12. The summed E-state index contributed by atoms with van der Waals surface area (Å²) >= 11 is 0. The Morgan fingerprint density at radius 2 is 1.61 bits per heavy atom. The minimum Gasteiger partial charge on any atom is -0.345 e. The van der Waals surface area contributed by atoms with Gasteiger partial charge in [0, 0.05) is 23.2 Å². The minimum absolute atomic E-state index is 0.0611. The van der Waals surface area contributed by atoms with Crippen molar-refractivity contribution < 1.29 is 9.53 Å². The third-order valence-electron chi connectivity index (χ3n) is 4.93. The predicted octanol–water partition coefficient (Wildman–Crippen LogP) is 3.53. The van der Waals surface area contributed by atoms with Crippen molar-refractivity contribution in [3.63, 3.8) is 0 Å². The number of fused-ring (bicyclic) bond motifs is 4. The molecule has 0 radical (unpaired) electrons. The lowest BCUT2D eigenvalue weighted by Crippen LogP contribution is -2.40. The second-order valence-electron chi connectivity index (χ2n) is 6.02. The van der Waals surface area contributed by atoms with Gasteiger partial charge in [-0.3, -0.25) is 9.69 Å². The lowest BCUT2D eigenvalue weighted by atomic mass is 9.90. The van der Waals surface area contributed by atoms with Gasteiger partial charge in [0.1, 0.15) is 0 Å². The zero-order valence-corrected chi connectivity index (χ0v) is 12.5. The number of nitrogens with zero attached hydrogens (tertiary/aromatic N) is 1. The Bertz CT molecular complexity index is 944. The minimum atomic E-state index is -0.783. The fourth-order valence-corrected chi connectivity index (χ4v) is 3.99. The van der Waals surface area contributed by atoms with Crippen LogP contribution in [0, 0.1) is 0 Å². The predicted molar refractivity (Wildman–Crippen MR) is 88.2 cm³/mol. The van der Waals surface area contributed by atoms with Crippen LogP contribution in [0.1, 0.15) is 21.5 Å². The molecule has 0 spiro atoms. The summed E-state index contributed by atoms with van der Waals surface area (Å²) in [6.45, 7) is 1.18. The van der Waals surface area contributed by atoms with Gasteiger partial charge in [-0.1, -0.05) is 60.7 Å². The van der Waals surface area contributed by atoms with Crippen LogP contribution in [-0.2, 0) is 10.5 Å². The second kappa shape index (κ2) is 4.43. The van der Waals surface area contributed by atoms with Crippen LogP contribution in [-0.4, -0.2) is 24.0 Å². The topological polar surface area (TPSA) is 29.5 Å². The highest BCUT2D eigenvalue weighted by molar-refractivity contribution is 6.02. The fraction of sp³-hybridized carbons (Fsp3) is 0.150. The zero-order chi connectivity index (χ0) is 15.4. The van der Waals surface area contributed by atoms with E-state index < -0.39 is 5.72 Å². The molecule has 2 aliphatic heterocycles. The van der Waals surface area contributed by atoms with Crippen molar-refractivity contribution in [2.45, 2.75) is 5.72 Å². The number of hydrogen-bond donors (Lipinski definition) is 0. The molecular weight excluding hydrogens is 286 g/mol. The normalized spacial score (nSPS) is 22.4. The monoisotopic (exact) mass is 301 g/mol. The van der Waals surface area contributed by atoms with E-state index in [1.807, 2.05) is 47.4 Å². The molecule has 0 saturated carbocycles. The van der Waals surface area contributed by atoms with Crippen LogP contribution in [0.15, 0.2) is 66.7 Å². The van der Waals surface area contributed by atoms with Gasteiger partial charge in [-0.15, -0.1) is 0 Å². The van der Waals surface area contributed by atoms with Gasteiger partial charge in [-0.05, 0) is 16.8 Å².